The van der Waals surface area contributed by atoms with Crippen molar-refractivity contribution in [1.82, 2.24) is 0 Å². The first-order chi connectivity index (χ1) is 15.1. The summed E-state index contributed by atoms with van der Waals surface area (Å²) in [5, 5.41) is 0.682. The Labute approximate surface area is 193 Å². The second-order valence-electron chi connectivity index (χ2n) is 10.2. The third kappa shape index (κ3) is 6.13. The molecule has 0 atom stereocenters. The number of benzene rings is 2. The minimum absolute atomic E-state index is 0.111. The number of halogens is 2. The van der Waals surface area contributed by atoms with E-state index in [1.165, 1.54) is 82.6 Å². The molecule has 0 heterocycles. The SMILES string of the molecule is CCCC1CCC(CCC2CCC(c3ccc(-c4ccc(Cl)cc4)c(F)c3)CC2)CC1. The van der Waals surface area contributed by atoms with Gasteiger partial charge in [-0.2, -0.15) is 0 Å². The fraction of sp³-hybridized carbons (Fsp3) is 0.586. The lowest BCUT2D eigenvalue weighted by molar-refractivity contribution is 0.224. The summed E-state index contributed by atoms with van der Waals surface area (Å²) in [6.45, 7) is 2.32. The Kier molecular flexibility index (Phi) is 8.10. The number of hydrogen-bond donors (Lipinski definition) is 0. The van der Waals surface area contributed by atoms with E-state index in [9.17, 15) is 4.39 Å². The maximum Gasteiger partial charge on any atom is 0.131 e. The summed E-state index contributed by atoms with van der Waals surface area (Å²) in [6, 6.07) is 13.3. The monoisotopic (exact) mass is 440 g/mol. The molecule has 168 valence electrons. The van der Waals surface area contributed by atoms with Crippen molar-refractivity contribution in [2.75, 3.05) is 0 Å². The Morgan fingerprint density at radius 2 is 1.29 bits per heavy atom. The maximum absolute atomic E-state index is 14.8. The molecule has 0 aliphatic heterocycles. The summed E-state index contributed by atoms with van der Waals surface area (Å²) in [5.74, 6) is 3.31. The van der Waals surface area contributed by atoms with Crippen LogP contribution in [0.3, 0.4) is 0 Å². The van der Waals surface area contributed by atoms with Crippen LogP contribution in [0.4, 0.5) is 4.39 Å². The van der Waals surface area contributed by atoms with Crippen molar-refractivity contribution in [3.8, 4) is 11.1 Å². The molecule has 0 spiro atoms. The molecule has 0 aromatic heterocycles. The van der Waals surface area contributed by atoms with E-state index >= 15 is 0 Å². The van der Waals surface area contributed by atoms with Crippen LogP contribution in [-0.2, 0) is 0 Å². The van der Waals surface area contributed by atoms with Gasteiger partial charge in [0.15, 0.2) is 0 Å². The minimum atomic E-state index is -0.111. The van der Waals surface area contributed by atoms with Crippen LogP contribution in [0.25, 0.3) is 11.1 Å². The van der Waals surface area contributed by atoms with E-state index in [1.54, 1.807) is 6.07 Å². The van der Waals surface area contributed by atoms with Gasteiger partial charge in [0, 0.05) is 10.6 Å². The van der Waals surface area contributed by atoms with Crippen LogP contribution in [0.15, 0.2) is 42.5 Å². The molecule has 2 aliphatic rings. The lowest BCUT2D eigenvalue weighted by Crippen LogP contribution is -2.17. The Hall–Kier alpha value is -1.34. The molecule has 2 heteroatoms. The van der Waals surface area contributed by atoms with Crippen molar-refractivity contribution in [1.29, 1.82) is 0 Å². The molecule has 2 aliphatic carbocycles. The molecule has 0 amide bonds. The van der Waals surface area contributed by atoms with Crippen LogP contribution >= 0.6 is 11.6 Å². The van der Waals surface area contributed by atoms with E-state index in [2.05, 4.69) is 13.0 Å². The van der Waals surface area contributed by atoms with Gasteiger partial charge < -0.3 is 0 Å². The van der Waals surface area contributed by atoms with Gasteiger partial charge in [0.25, 0.3) is 0 Å². The van der Waals surface area contributed by atoms with Crippen LogP contribution in [0.1, 0.15) is 95.5 Å². The number of rotatable bonds is 7. The summed E-state index contributed by atoms with van der Waals surface area (Å²) < 4.78 is 14.8. The predicted molar refractivity (Wildman–Crippen MR) is 131 cm³/mol. The highest BCUT2D eigenvalue weighted by molar-refractivity contribution is 6.30. The van der Waals surface area contributed by atoms with Gasteiger partial charge in [0.1, 0.15) is 5.82 Å². The normalized spacial score (nSPS) is 26.7. The Morgan fingerprint density at radius 1 is 0.742 bits per heavy atom. The first kappa shape index (κ1) is 22.8. The minimum Gasteiger partial charge on any atom is -0.206 e. The second-order valence-corrected chi connectivity index (χ2v) is 10.7. The van der Waals surface area contributed by atoms with Crippen molar-refractivity contribution in [2.24, 2.45) is 17.8 Å². The van der Waals surface area contributed by atoms with Crippen molar-refractivity contribution < 1.29 is 4.39 Å². The van der Waals surface area contributed by atoms with Crippen LogP contribution in [0.2, 0.25) is 5.02 Å². The first-order valence-corrected chi connectivity index (χ1v) is 13.1. The van der Waals surface area contributed by atoms with E-state index in [0.29, 0.717) is 16.5 Å². The summed E-state index contributed by atoms with van der Waals surface area (Å²) in [5.41, 5.74) is 2.74. The zero-order valence-corrected chi connectivity index (χ0v) is 19.8. The summed E-state index contributed by atoms with van der Waals surface area (Å²) >= 11 is 5.97. The topological polar surface area (TPSA) is 0 Å². The van der Waals surface area contributed by atoms with E-state index in [0.717, 1.165) is 23.3 Å². The van der Waals surface area contributed by atoms with E-state index in [-0.39, 0.29) is 5.82 Å². The van der Waals surface area contributed by atoms with Gasteiger partial charge in [-0.05, 0) is 78.7 Å². The van der Waals surface area contributed by atoms with Crippen molar-refractivity contribution >= 4 is 11.6 Å². The van der Waals surface area contributed by atoms with Crippen molar-refractivity contribution in [2.45, 2.75) is 89.9 Å². The molecule has 0 nitrogen and oxygen atoms in total. The van der Waals surface area contributed by atoms with Gasteiger partial charge >= 0.3 is 0 Å². The summed E-state index contributed by atoms with van der Waals surface area (Å²) in [4.78, 5) is 0. The van der Waals surface area contributed by atoms with E-state index in [4.69, 9.17) is 11.6 Å². The Balaban J connectivity index is 1.24. The van der Waals surface area contributed by atoms with Gasteiger partial charge in [-0.3, -0.25) is 0 Å². The maximum atomic E-state index is 14.8. The first-order valence-electron chi connectivity index (χ1n) is 12.7. The van der Waals surface area contributed by atoms with Crippen molar-refractivity contribution in [3.05, 3.63) is 58.9 Å². The highest BCUT2D eigenvalue weighted by Gasteiger charge is 2.25. The van der Waals surface area contributed by atoms with Crippen LogP contribution in [0, 0.1) is 23.6 Å². The summed E-state index contributed by atoms with van der Waals surface area (Å²) in [6.07, 6.45) is 16.6. The van der Waals surface area contributed by atoms with Gasteiger partial charge in [0.2, 0.25) is 0 Å². The average Bonchev–Trinajstić information content (AvgIpc) is 2.80. The molecule has 0 bridgehead atoms. The van der Waals surface area contributed by atoms with Crippen molar-refractivity contribution in [3.63, 3.8) is 0 Å². The van der Waals surface area contributed by atoms with Gasteiger partial charge in [0.05, 0.1) is 0 Å². The molecule has 2 fully saturated rings. The lowest BCUT2D eigenvalue weighted by atomic mass is 9.74. The predicted octanol–water partition coefficient (Wildman–Crippen LogP) is 9.81. The Bertz CT molecular complexity index is 811. The molecule has 2 saturated carbocycles. The molecular weight excluding hydrogens is 403 g/mol. The van der Waals surface area contributed by atoms with Crippen LogP contribution < -0.4 is 0 Å². The largest absolute Gasteiger partial charge is 0.206 e. The third-order valence-electron chi connectivity index (χ3n) is 8.11. The molecule has 2 aromatic rings. The smallest absolute Gasteiger partial charge is 0.131 e. The molecule has 0 saturated heterocycles. The molecule has 0 unspecified atom stereocenters. The lowest BCUT2D eigenvalue weighted by Gasteiger charge is -2.32. The molecule has 2 aromatic carbocycles. The second kappa shape index (κ2) is 11.0. The van der Waals surface area contributed by atoms with Crippen LogP contribution in [-0.4, -0.2) is 0 Å². The van der Waals surface area contributed by atoms with Gasteiger partial charge in [-0.15, -0.1) is 0 Å². The molecule has 0 N–H and O–H groups in total. The number of hydrogen-bond acceptors (Lipinski definition) is 0. The van der Waals surface area contributed by atoms with Crippen LogP contribution in [0.5, 0.6) is 0 Å². The molecular formula is C29H38ClF. The highest BCUT2D eigenvalue weighted by atomic mass is 35.5. The zero-order chi connectivity index (χ0) is 21.6. The standard InChI is InChI=1S/C29H38ClF/c1-2-3-21-4-6-22(7-5-21)8-9-23-10-12-24(13-11-23)26-16-19-28(29(31)20-26)25-14-17-27(30)18-15-25/h14-24H,2-13H2,1H3. The van der Waals surface area contributed by atoms with E-state index < -0.39 is 0 Å². The van der Waals surface area contributed by atoms with E-state index in [1.807, 2.05) is 30.3 Å². The molecule has 0 radical (unpaired) electrons. The third-order valence-corrected chi connectivity index (χ3v) is 8.36. The Morgan fingerprint density at radius 3 is 1.84 bits per heavy atom. The molecule has 31 heavy (non-hydrogen) atoms. The zero-order valence-electron chi connectivity index (χ0n) is 19.1. The summed E-state index contributed by atoms with van der Waals surface area (Å²) in [7, 11) is 0. The quantitative estimate of drug-likeness (QED) is 0.401. The molecule has 4 rings (SSSR count). The fourth-order valence-electron chi connectivity index (χ4n) is 6.12. The highest BCUT2D eigenvalue weighted by Crippen LogP contribution is 2.41. The average molecular weight is 441 g/mol. The fourth-order valence-corrected chi connectivity index (χ4v) is 6.25. The van der Waals surface area contributed by atoms with Gasteiger partial charge in [-0.1, -0.05) is 94.2 Å². The van der Waals surface area contributed by atoms with Gasteiger partial charge in [-0.25, -0.2) is 4.39 Å².